The van der Waals surface area contributed by atoms with Gasteiger partial charge in [-0.25, -0.2) is 0 Å². The van der Waals surface area contributed by atoms with Gasteiger partial charge in [0, 0.05) is 17.7 Å². The first-order chi connectivity index (χ1) is 11.3. The second-order valence-electron chi connectivity index (χ2n) is 4.24. The monoisotopic (exact) mass is 334 g/mol. The summed E-state index contributed by atoms with van der Waals surface area (Å²) in [5.74, 6) is -0.603. The number of benzene rings is 2. The first kappa shape index (κ1) is 18.2. The van der Waals surface area contributed by atoms with Crippen molar-refractivity contribution in [1.82, 2.24) is 0 Å². The second kappa shape index (κ2) is 7.98. The molecule has 0 heterocycles. The highest BCUT2D eigenvalue weighted by Crippen LogP contribution is 2.25. The third-order valence-electron chi connectivity index (χ3n) is 2.67. The maximum Gasteiger partial charge on any atom is 0.311 e. The van der Waals surface area contributed by atoms with Crippen molar-refractivity contribution in [1.29, 1.82) is 0 Å². The molecule has 24 heavy (non-hydrogen) atoms. The van der Waals surface area contributed by atoms with Crippen LogP contribution in [0.1, 0.15) is 20.7 Å². The molecule has 0 bridgehead atoms. The van der Waals surface area contributed by atoms with Crippen molar-refractivity contribution in [2.24, 2.45) is 0 Å². The molecular formula is C14H10N2O8. The Morgan fingerprint density at radius 2 is 1.46 bits per heavy atom. The summed E-state index contributed by atoms with van der Waals surface area (Å²) in [6.07, 6.45) is 0.810. The molecule has 0 saturated carbocycles. The lowest BCUT2D eigenvalue weighted by Gasteiger charge is -1.95. The summed E-state index contributed by atoms with van der Waals surface area (Å²) in [7, 11) is 0. The maximum absolute atomic E-state index is 10.3. The highest BCUT2D eigenvalue weighted by molar-refractivity contribution is 5.82. The van der Waals surface area contributed by atoms with Crippen LogP contribution >= 0.6 is 0 Å². The van der Waals surface area contributed by atoms with Crippen LogP contribution in [-0.4, -0.2) is 32.6 Å². The molecule has 10 nitrogen and oxygen atoms in total. The normalized spacial score (nSPS) is 9.33. The van der Waals surface area contributed by atoms with Gasteiger partial charge in [0.25, 0.3) is 5.69 Å². The number of nitro benzene ring substituents is 2. The van der Waals surface area contributed by atoms with Gasteiger partial charge in [-0.15, -0.1) is 0 Å². The van der Waals surface area contributed by atoms with Crippen molar-refractivity contribution in [2.45, 2.75) is 0 Å². The van der Waals surface area contributed by atoms with Crippen molar-refractivity contribution in [2.75, 3.05) is 0 Å². The van der Waals surface area contributed by atoms with E-state index in [4.69, 9.17) is 10.2 Å². The first-order valence-electron chi connectivity index (χ1n) is 6.15. The van der Waals surface area contributed by atoms with Gasteiger partial charge >= 0.3 is 5.69 Å². The Bertz CT molecular complexity index is 803. The molecule has 0 aromatic heterocycles. The molecule has 124 valence electrons. The highest BCUT2D eigenvalue weighted by atomic mass is 16.6. The van der Waals surface area contributed by atoms with E-state index in [-0.39, 0.29) is 22.6 Å². The molecule has 0 aliphatic rings. The van der Waals surface area contributed by atoms with Gasteiger partial charge < -0.3 is 10.2 Å². The third-order valence-corrected chi connectivity index (χ3v) is 2.67. The predicted octanol–water partition coefficient (Wildman–Crippen LogP) is 2.23. The molecule has 0 atom stereocenters. The number of nitro groups is 2. The van der Waals surface area contributed by atoms with Gasteiger partial charge in [-0.3, -0.25) is 29.8 Å². The Morgan fingerprint density at radius 3 is 1.96 bits per heavy atom. The van der Waals surface area contributed by atoms with Crippen LogP contribution in [-0.2, 0) is 0 Å². The van der Waals surface area contributed by atoms with Gasteiger partial charge in [0.1, 0.15) is 12.0 Å². The minimum absolute atomic E-state index is 0.125. The Balaban J connectivity index is 0.000000240. The average Bonchev–Trinajstić information content (AvgIpc) is 2.55. The topological polar surface area (TPSA) is 161 Å². The number of rotatable bonds is 4. The molecule has 0 spiro atoms. The van der Waals surface area contributed by atoms with E-state index in [0.29, 0.717) is 12.6 Å². The van der Waals surface area contributed by atoms with E-state index in [1.165, 1.54) is 6.07 Å². The maximum atomic E-state index is 10.3. The summed E-state index contributed by atoms with van der Waals surface area (Å²) in [5, 5.41) is 38.3. The molecule has 0 fully saturated rings. The molecule has 2 N–H and O–H groups in total. The van der Waals surface area contributed by atoms with E-state index in [1.54, 1.807) is 0 Å². The van der Waals surface area contributed by atoms with Crippen LogP contribution in [0.5, 0.6) is 11.5 Å². The van der Waals surface area contributed by atoms with Gasteiger partial charge in [-0.05, 0) is 24.3 Å². The van der Waals surface area contributed by atoms with E-state index in [9.17, 15) is 29.8 Å². The summed E-state index contributed by atoms with van der Waals surface area (Å²) in [4.78, 5) is 39.5. The zero-order valence-electron chi connectivity index (χ0n) is 11.9. The number of hydrogen-bond donors (Lipinski definition) is 2. The Labute approximate surface area is 133 Å². The van der Waals surface area contributed by atoms with Gasteiger partial charge in [0.05, 0.1) is 15.4 Å². The minimum Gasteiger partial charge on any atom is -0.508 e. The standard InChI is InChI=1S/2C7H5NO4/c9-4-5-3-6(10)1-2-7(5)8(11)12;9-4-5-1-2-7(10)6(3-5)8(11)12/h2*1-4,10H. The van der Waals surface area contributed by atoms with Crippen LogP contribution in [0.25, 0.3) is 0 Å². The van der Waals surface area contributed by atoms with Crippen molar-refractivity contribution in [3.8, 4) is 11.5 Å². The first-order valence-corrected chi connectivity index (χ1v) is 6.15. The Morgan fingerprint density at radius 1 is 0.833 bits per heavy atom. The van der Waals surface area contributed by atoms with Crippen LogP contribution in [0.15, 0.2) is 36.4 Å². The molecule has 0 radical (unpaired) electrons. The van der Waals surface area contributed by atoms with Gasteiger partial charge in [-0.1, -0.05) is 0 Å². The zero-order valence-corrected chi connectivity index (χ0v) is 11.9. The van der Waals surface area contributed by atoms with Crippen molar-refractivity contribution < 1.29 is 29.6 Å². The predicted molar refractivity (Wildman–Crippen MR) is 80.3 cm³/mol. The highest BCUT2D eigenvalue weighted by Gasteiger charge is 2.13. The second-order valence-corrected chi connectivity index (χ2v) is 4.24. The molecule has 0 unspecified atom stereocenters. The average molecular weight is 334 g/mol. The number of phenolic OH excluding ortho intramolecular Hbond substituents is 2. The number of aromatic hydroxyl groups is 2. The molecule has 0 amide bonds. The molecule has 2 rings (SSSR count). The van der Waals surface area contributed by atoms with Gasteiger partial charge in [0.15, 0.2) is 12.0 Å². The fourth-order valence-corrected chi connectivity index (χ4v) is 1.56. The fourth-order valence-electron chi connectivity index (χ4n) is 1.56. The summed E-state index contributed by atoms with van der Waals surface area (Å²) >= 11 is 0. The molecule has 0 aliphatic heterocycles. The lowest BCUT2D eigenvalue weighted by Crippen LogP contribution is -1.93. The number of nitrogens with zero attached hydrogens (tertiary/aromatic N) is 2. The molecule has 0 aliphatic carbocycles. The van der Waals surface area contributed by atoms with E-state index >= 15 is 0 Å². The number of carbonyl (C=O) groups is 2. The molecule has 0 saturated heterocycles. The lowest BCUT2D eigenvalue weighted by molar-refractivity contribution is -0.385. The van der Waals surface area contributed by atoms with Gasteiger partial charge in [0.2, 0.25) is 0 Å². The molecular weight excluding hydrogens is 324 g/mol. The van der Waals surface area contributed by atoms with Crippen molar-refractivity contribution in [3.63, 3.8) is 0 Å². The number of hydrogen-bond acceptors (Lipinski definition) is 8. The van der Waals surface area contributed by atoms with Crippen molar-refractivity contribution >= 4 is 23.9 Å². The quantitative estimate of drug-likeness (QED) is 0.488. The van der Waals surface area contributed by atoms with E-state index in [0.717, 1.165) is 30.3 Å². The van der Waals surface area contributed by atoms with Crippen LogP contribution in [0.4, 0.5) is 11.4 Å². The van der Waals surface area contributed by atoms with Crippen LogP contribution in [0, 0.1) is 20.2 Å². The lowest BCUT2D eigenvalue weighted by atomic mass is 10.2. The number of aldehydes is 2. The van der Waals surface area contributed by atoms with Gasteiger partial charge in [-0.2, -0.15) is 0 Å². The van der Waals surface area contributed by atoms with E-state index in [2.05, 4.69) is 0 Å². The molecule has 2 aromatic rings. The number of phenols is 2. The SMILES string of the molecule is O=Cc1cc(O)ccc1[N+](=O)[O-].O=Cc1ccc(O)c([N+](=O)[O-])c1. The van der Waals surface area contributed by atoms with E-state index in [1.807, 2.05) is 0 Å². The van der Waals surface area contributed by atoms with Crippen LogP contribution in [0.2, 0.25) is 0 Å². The molecule has 2 aromatic carbocycles. The van der Waals surface area contributed by atoms with Crippen LogP contribution in [0.3, 0.4) is 0 Å². The molecule has 10 heteroatoms. The Kier molecular flexibility index (Phi) is 6.06. The summed E-state index contributed by atoms with van der Waals surface area (Å²) in [5.41, 5.74) is -0.720. The largest absolute Gasteiger partial charge is 0.508 e. The summed E-state index contributed by atoms with van der Waals surface area (Å²) in [6, 6.07) is 6.72. The summed E-state index contributed by atoms with van der Waals surface area (Å²) in [6.45, 7) is 0. The number of carbonyl (C=O) groups excluding carboxylic acids is 2. The third kappa shape index (κ3) is 4.59. The zero-order chi connectivity index (χ0) is 18.3. The van der Waals surface area contributed by atoms with E-state index < -0.39 is 21.3 Å². The minimum atomic E-state index is -0.748. The summed E-state index contributed by atoms with van der Waals surface area (Å²) < 4.78 is 0. The van der Waals surface area contributed by atoms with Crippen molar-refractivity contribution in [3.05, 3.63) is 67.8 Å². The van der Waals surface area contributed by atoms with Crippen LogP contribution < -0.4 is 0 Å². The fraction of sp³-hybridized carbons (Fsp3) is 0. The smallest absolute Gasteiger partial charge is 0.311 e. The Hall–Kier alpha value is -3.82.